The largest absolute Gasteiger partial charge is 0.452 e. The number of nitrogens with zero attached hydrogens (tertiary/aromatic N) is 1. The Morgan fingerprint density at radius 1 is 1.22 bits per heavy atom. The van der Waals surface area contributed by atoms with Crippen molar-refractivity contribution in [1.82, 2.24) is 15.6 Å². The molecular weight excluding hydrogens is 366 g/mol. The van der Waals surface area contributed by atoms with Crippen molar-refractivity contribution in [2.75, 3.05) is 7.05 Å². The highest BCUT2D eigenvalue weighted by molar-refractivity contribution is 7.18. The highest BCUT2D eigenvalue weighted by Gasteiger charge is 2.36. The van der Waals surface area contributed by atoms with Crippen LogP contribution in [0.3, 0.4) is 0 Å². The van der Waals surface area contributed by atoms with E-state index < -0.39 is 24.0 Å². The summed E-state index contributed by atoms with van der Waals surface area (Å²) in [5.74, 6) is -1.37. The number of thiazole rings is 1. The van der Waals surface area contributed by atoms with Crippen molar-refractivity contribution in [1.29, 1.82) is 0 Å². The summed E-state index contributed by atoms with van der Waals surface area (Å²) < 4.78 is 6.47. The number of benzene rings is 1. The van der Waals surface area contributed by atoms with Gasteiger partial charge in [-0.2, -0.15) is 0 Å². The molecule has 2 aromatic rings. The van der Waals surface area contributed by atoms with E-state index in [1.54, 1.807) is 11.3 Å². The molecule has 3 amide bonds. The van der Waals surface area contributed by atoms with Crippen LogP contribution in [0.15, 0.2) is 24.3 Å². The molecule has 0 unspecified atom stereocenters. The fraction of sp³-hybridized carbons (Fsp3) is 0.474. The smallest absolute Gasteiger partial charge is 0.321 e. The molecule has 1 heterocycles. The number of amides is 3. The van der Waals surface area contributed by atoms with E-state index in [1.807, 2.05) is 24.3 Å². The zero-order chi connectivity index (χ0) is 19.4. The Hall–Kier alpha value is -2.48. The van der Waals surface area contributed by atoms with Crippen molar-refractivity contribution in [3.63, 3.8) is 0 Å². The quantitative estimate of drug-likeness (QED) is 0.784. The van der Waals surface area contributed by atoms with Crippen molar-refractivity contribution in [2.24, 2.45) is 5.92 Å². The summed E-state index contributed by atoms with van der Waals surface area (Å²) in [4.78, 5) is 40.6. The van der Waals surface area contributed by atoms with E-state index >= 15 is 0 Å². The predicted octanol–water partition coefficient (Wildman–Crippen LogP) is 2.96. The molecule has 1 saturated carbocycles. The first-order valence-corrected chi connectivity index (χ1v) is 9.89. The van der Waals surface area contributed by atoms with Gasteiger partial charge in [-0.25, -0.2) is 9.78 Å². The lowest BCUT2D eigenvalue weighted by Crippen LogP contribution is -2.44. The molecule has 1 aromatic heterocycles. The van der Waals surface area contributed by atoms with Gasteiger partial charge in [0, 0.05) is 13.0 Å². The van der Waals surface area contributed by atoms with Crippen molar-refractivity contribution >= 4 is 39.5 Å². The average molecular weight is 389 g/mol. The van der Waals surface area contributed by atoms with Crippen LogP contribution in [0, 0.1) is 5.92 Å². The number of fused-ring (bicyclic) bond motifs is 1. The van der Waals surface area contributed by atoms with Gasteiger partial charge in [0.15, 0.2) is 6.10 Å². The zero-order valence-electron chi connectivity index (χ0n) is 15.4. The van der Waals surface area contributed by atoms with Gasteiger partial charge in [0.25, 0.3) is 5.91 Å². The Morgan fingerprint density at radius 2 is 1.96 bits per heavy atom. The fourth-order valence-corrected chi connectivity index (χ4v) is 4.52. The minimum absolute atomic E-state index is 0.00199. The van der Waals surface area contributed by atoms with Crippen LogP contribution in [0.2, 0.25) is 0 Å². The summed E-state index contributed by atoms with van der Waals surface area (Å²) in [5, 5.41) is 5.36. The molecule has 3 atom stereocenters. The minimum Gasteiger partial charge on any atom is -0.452 e. The average Bonchev–Trinajstić information content (AvgIpc) is 3.11. The maximum atomic E-state index is 12.7. The zero-order valence-corrected chi connectivity index (χ0v) is 16.2. The van der Waals surface area contributed by atoms with Gasteiger partial charge in [-0.1, -0.05) is 25.0 Å². The summed E-state index contributed by atoms with van der Waals surface area (Å²) in [7, 11) is 1.41. The van der Waals surface area contributed by atoms with Gasteiger partial charge < -0.3 is 10.1 Å². The Balaban J connectivity index is 1.71. The Bertz CT molecular complexity index is 817. The Kier molecular flexibility index (Phi) is 6.05. The minimum atomic E-state index is -1.03. The molecule has 1 fully saturated rings. The van der Waals surface area contributed by atoms with Gasteiger partial charge in [0.05, 0.1) is 21.1 Å². The van der Waals surface area contributed by atoms with Gasteiger partial charge in [-0.15, -0.1) is 11.3 Å². The lowest BCUT2D eigenvalue weighted by atomic mass is 9.79. The van der Waals surface area contributed by atoms with Crippen LogP contribution in [-0.2, 0) is 14.3 Å². The summed E-state index contributed by atoms with van der Waals surface area (Å²) >= 11 is 1.61. The SMILES string of the molecule is CNC(=O)NC(=O)[C@@H](C)OC(=O)[C@H]1CCCC[C@@H]1c1nc2ccccc2s1. The van der Waals surface area contributed by atoms with E-state index in [0.29, 0.717) is 6.42 Å². The number of aromatic nitrogens is 1. The van der Waals surface area contributed by atoms with E-state index in [4.69, 9.17) is 9.72 Å². The molecule has 144 valence electrons. The molecule has 27 heavy (non-hydrogen) atoms. The number of para-hydroxylation sites is 1. The molecule has 1 aromatic carbocycles. The maximum absolute atomic E-state index is 12.7. The number of carbonyl (C=O) groups is 3. The number of esters is 1. The monoisotopic (exact) mass is 389 g/mol. The van der Waals surface area contributed by atoms with Crippen LogP contribution in [0.25, 0.3) is 10.2 Å². The van der Waals surface area contributed by atoms with Gasteiger partial charge in [-0.3, -0.25) is 14.9 Å². The summed E-state index contributed by atoms with van der Waals surface area (Å²) in [6.45, 7) is 1.46. The van der Waals surface area contributed by atoms with Crippen molar-refractivity contribution in [2.45, 2.75) is 44.6 Å². The lowest BCUT2D eigenvalue weighted by molar-refractivity contribution is -0.160. The molecule has 0 spiro atoms. The van der Waals surface area contributed by atoms with Crippen molar-refractivity contribution in [3.8, 4) is 0 Å². The van der Waals surface area contributed by atoms with Crippen LogP contribution in [-0.4, -0.2) is 36.0 Å². The second-order valence-electron chi connectivity index (χ2n) is 6.66. The Labute approximate surface area is 161 Å². The summed E-state index contributed by atoms with van der Waals surface area (Å²) in [6.07, 6.45) is 2.53. The Morgan fingerprint density at radius 3 is 2.70 bits per heavy atom. The number of hydrogen-bond donors (Lipinski definition) is 2. The van der Waals surface area contributed by atoms with E-state index in [2.05, 4.69) is 10.6 Å². The van der Waals surface area contributed by atoms with Crippen LogP contribution < -0.4 is 10.6 Å². The normalized spacial score (nSPS) is 20.7. The third kappa shape index (κ3) is 4.44. The van der Waals surface area contributed by atoms with Crippen LogP contribution in [0.5, 0.6) is 0 Å². The lowest BCUT2D eigenvalue weighted by Gasteiger charge is -2.29. The number of nitrogens with one attached hydrogen (secondary N) is 2. The van der Waals surface area contributed by atoms with Gasteiger partial charge in [0.1, 0.15) is 0 Å². The topological polar surface area (TPSA) is 97.4 Å². The molecule has 0 saturated heterocycles. The van der Waals surface area contributed by atoms with E-state index in [-0.39, 0.29) is 11.8 Å². The van der Waals surface area contributed by atoms with Gasteiger partial charge >= 0.3 is 12.0 Å². The highest BCUT2D eigenvalue weighted by Crippen LogP contribution is 2.41. The van der Waals surface area contributed by atoms with Gasteiger partial charge in [0.2, 0.25) is 0 Å². The summed E-state index contributed by atoms with van der Waals surface area (Å²) in [6, 6.07) is 7.29. The van der Waals surface area contributed by atoms with Gasteiger partial charge in [-0.05, 0) is 31.9 Å². The second kappa shape index (κ2) is 8.47. The first-order chi connectivity index (χ1) is 13.0. The van der Waals surface area contributed by atoms with E-state index in [1.165, 1.54) is 14.0 Å². The number of hydrogen-bond acceptors (Lipinski definition) is 6. The molecular formula is C19H23N3O4S. The predicted molar refractivity (Wildman–Crippen MR) is 102 cm³/mol. The number of rotatable bonds is 4. The fourth-order valence-electron chi connectivity index (χ4n) is 3.35. The highest BCUT2D eigenvalue weighted by atomic mass is 32.1. The van der Waals surface area contributed by atoms with Crippen LogP contribution >= 0.6 is 11.3 Å². The van der Waals surface area contributed by atoms with E-state index in [0.717, 1.165) is 34.5 Å². The molecule has 1 aliphatic rings. The molecule has 0 bridgehead atoms. The molecule has 3 rings (SSSR count). The van der Waals surface area contributed by atoms with Crippen molar-refractivity contribution in [3.05, 3.63) is 29.3 Å². The first-order valence-electron chi connectivity index (χ1n) is 9.08. The number of urea groups is 1. The van der Waals surface area contributed by atoms with Crippen LogP contribution in [0.1, 0.15) is 43.5 Å². The first kappa shape index (κ1) is 19.3. The molecule has 2 N–H and O–H groups in total. The summed E-state index contributed by atoms with van der Waals surface area (Å²) in [5.41, 5.74) is 0.938. The molecule has 8 heteroatoms. The maximum Gasteiger partial charge on any atom is 0.321 e. The molecule has 0 radical (unpaired) electrons. The van der Waals surface area contributed by atoms with Crippen molar-refractivity contribution < 1.29 is 19.1 Å². The third-order valence-corrected chi connectivity index (χ3v) is 5.99. The third-order valence-electron chi connectivity index (χ3n) is 4.82. The molecule has 7 nitrogen and oxygen atoms in total. The van der Waals surface area contributed by atoms with E-state index in [9.17, 15) is 14.4 Å². The standard InChI is InChI=1S/C19H23N3O4S/c1-11(16(23)22-19(25)20-2)26-18(24)13-8-4-3-7-12(13)17-21-14-9-5-6-10-15(14)27-17/h5-6,9-13H,3-4,7-8H2,1-2H3,(H2,20,22,23,25)/t11-,12+,13+/m1/s1. The van der Waals surface area contributed by atoms with Crippen LogP contribution in [0.4, 0.5) is 4.79 Å². The molecule has 0 aliphatic heterocycles. The molecule has 1 aliphatic carbocycles. The number of ether oxygens (including phenoxy) is 1. The second-order valence-corrected chi connectivity index (χ2v) is 7.73. The number of imide groups is 1. The number of carbonyl (C=O) groups excluding carboxylic acids is 3.